The molecule has 0 aromatic carbocycles. The first kappa shape index (κ1) is 38.6. The number of methoxy groups -OCH3 is 1. The molecule has 15 heteroatoms. The summed E-state index contributed by atoms with van der Waals surface area (Å²) in [6.07, 6.45) is -3.53. The lowest BCUT2D eigenvalue weighted by atomic mass is 9.91. The summed E-state index contributed by atoms with van der Waals surface area (Å²) in [6, 6.07) is 2.83. The molecule has 0 radical (unpaired) electrons. The summed E-state index contributed by atoms with van der Waals surface area (Å²) in [5.41, 5.74) is 2.90. The standard InChI is InChI=1S/C19H23F4N3O2.C12H21NO5/c1-11(2)7-19(24,9-27)10-28-16-8-26-14(6-13(16)17(20)21)12-3-4-25-15(5-12)18(22)23;1-11(2,3)18-10(15)13-8(9(14)16-6)7-17-12(13,4)5/h3-6,8,11,17-18,27H,7,9-10,24H2,1-2H3;8H,7H2,1-6H3. The molecule has 1 fully saturated rings. The van der Waals surface area contributed by atoms with Gasteiger partial charge >= 0.3 is 12.1 Å². The molecule has 3 N–H and O–H groups in total. The number of ether oxygens (including phenoxy) is 4. The maximum atomic E-state index is 13.5. The van der Waals surface area contributed by atoms with E-state index in [2.05, 4.69) is 14.7 Å². The predicted molar refractivity (Wildman–Crippen MR) is 160 cm³/mol. The third-order valence-electron chi connectivity index (χ3n) is 6.63. The number of esters is 1. The number of aliphatic hydroxyl groups is 1. The van der Waals surface area contributed by atoms with Gasteiger partial charge in [-0.1, -0.05) is 13.8 Å². The number of hydrogen-bond donors (Lipinski definition) is 2. The molecule has 3 rings (SSSR count). The van der Waals surface area contributed by atoms with Crippen molar-refractivity contribution >= 4 is 12.1 Å². The van der Waals surface area contributed by atoms with Crippen LogP contribution >= 0.6 is 0 Å². The van der Waals surface area contributed by atoms with Gasteiger partial charge in [0.15, 0.2) is 6.04 Å². The van der Waals surface area contributed by atoms with Crippen LogP contribution in [0.2, 0.25) is 0 Å². The van der Waals surface area contributed by atoms with E-state index in [0.717, 1.165) is 18.3 Å². The number of aliphatic hydroxyl groups excluding tert-OH is 1. The number of amides is 1. The third kappa shape index (κ3) is 10.8. The second kappa shape index (κ2) is 15.8. The molecule has 2 aromatic rings. The molecule has 46 heavy (non-hydrogen) atoms. The van der Waals surface area contributed by atoms with Crippen LogP contribution in [-0.4, -0.2) is 81.9 Å². The number of hydrogen-bond acceptors (Lipinski definition) is 10. The molecule has 1 aliphatic rings. The summed E-state index contributed by atoms with van der Waals surface area (Å²) in [7, 11) is 1.28. The largest absolute Gasteiger partial charge is 0.489 e. The van der Waals surface area contributed by atoms with Gasteiger partial charge in [0.05, 0.1) is 43.3 Å². The second-order valence-electron chi connectivity index (χ2n) is 12.7. The van der Waals surface area contributed by atoms with Gasteiger partial charge in [0.2, 0.25) is 0 Å². The Labute approximate surface area is 266 Å². The Bertz CT molecular complexity index is 1320. The quantitative estimate of drug-likeness (QED) is 0.242. The van der Waals surface area contributed by atoms with E-state index < -0.39 is 59.1 Å². The van der Waals surface area contributed by atoms with Crippen molar-refractivity contribution in [2.24, 2.45) is 11.7 Å². The lowest BCUT2D eigenvalue weighted by molar-refractivity contribution is -0.146. The van der Waals surface area contributed by atoms with Crippen LogP contribution in [0, 0.1) is 5.92 Å². The highest BCUT2D eigenvalue weighted by Crippen LogP contribution is 2.33. The summed E-state index contributed by atoms with van der Waals surface area (Å²) < 4.78 is 73.5. The maximum absolute atomic E-state index is 13.5. The van der Waals surface area contributed by atoms with Gasteiger partial charge in [-0.2, -0.15) is 0 Å². The average Bonchev–Trinajstić information content (AvgIpc) is 3.29. The Hall–Kier alpha value is -3.56. The third-order valence-corrected chi connectivity index (χ3v) is 6.63. The summed E-state index contributed by atoms with van der Waals surface area (Å²) >= 11 is 0. The minimum absolute atomic E-state index is 0.0929. The van der Waals surface area contributed by atoms with Gasteiger partial charge in [-0.05, 0) is 65.2 Å². The van der Waals surface area contributed by atoms with Gasteiger partial charge < -0.3 is 29.8 Å². The van der Waals surface area contributed by atoms with E-state index in [1.54, 1.807) is 34.6 Å². The second-order valence-corrected chi connectivity index (χ2v) is 12.7. The summed E-state index contributed by atoms with van der Waals surface area (Å²) in [5, 5.41) is 9.52. The SMILES string of the molecule is CC(C)CC(N)(CO)COc1cnc(-c2ccnc(C(F)F)c2)cc1C(F)F.COC(=O)C1COC(C)(C)N1C(=O)OC(C)(C)C. The Morgan fingerprint density at radius 1 is 1.15 bits per heavy atom. The molecular formula is C31H44F4N4O7. The number of carbonyl (C=O) groups is 2. The fourth-order valence-corrected chi connectivity index (χ4v) is 4.61. The molecule has 0 aliphatic carbocycles. The van der Waals surface area contributed by atoms with Crippen LogP contribution in [-0.2, 0) is 19.0 Å². The predicted octanol–water partition coefficient (Wildman–Crippen LogP) is 5.66. The average molecular weight is 661 g/mol. The zero-order valence-corrected chi connectivity index (χ0v) is 27.4. The fourth-order valence-electron chi connectivity index (χ4n) is 4.61. The Morgan fingerprint density at radius 2 is 1.80 bits per heavy atom. The lowest BCUT2D eigenvalue weighted by Gasteiger charge is -2.34. The maximum Gasteiger partial charge on any atom is 0.413 e. The molecule has 258 valence electrons. The number of nitrogens with zero attached hydrogens (tertiary/aromatic N) is 3. The highest BCUT2D eigenvalue weighted by molar-refractivity contribution is 5.82. The van der Waals surface area contributed by atoms with Crippen molar-refractivity contribution in [3.8, 4) is 17.0 Å². The molecule has 1 amide bonds. The summed E-state index contributed by atoms with van der Waals surface area (Å²) in [6.45, 7) is 12.1. The van der Waals surface area contributed by atoms with E-state index in [0.29, 0.717) is 6.42 Å². The summed E-state index contributed by atoms with van der Waals surface area (Å²) in [4.78, 5) is 32.6. The number of halogens is 4. The summed E-state index contributed by atoms with van der Waals surface area (Å²) in [5.74, 6) is -0.508. The molecular weight excluding hydrogens is 616 g/mol. The van der Waals surface area contributed by atoms with Crippen molar-refractivity contribution in [2.75, 3.05) is 26.9 Å². The van der Waals surface area contributed by atoms with Crippen molar-refractivity contribution < 1.29 is 51.2 Å². The lowest BCUT2D eigenvalue weighted by Crippen LogP contribution is -2.52. The number of nitrogens with two attached hydrogens (primary N) is 1. The molecule has 1 saturated heterocycles. The van der Waals surface area contributed by atoms with E-state index in [-0.39, 0.29) is 42.7 Å². The zero-order chi connectivity index (χ0) is 35.0. The Morgan fingerprint density at radius 3 is 2.33 bits per heavy atom. The molecule has 0 saturated carbocycles. The van der Waals surface area contributed by atoms with Crippen molar-refractivity contribution in [3.05, 3.63) is 41.9 Å². The highest BCUT2D eigenvalue weighted by atomic mass is 19.3. The first-order chi connectivity index (χ1) is 21.2. The van der Waals surface area contributed by atoms with E-state index in [4.69, 9.17) is 19.9 Å². The van der Waals surface area contributed by atoms with E-state index in [1.165, 1.54) is 24.3 Å². The molecule has 0 bridgehead atoms. The van der Waals surface area contributed by atoms with Gasteiger partial charge in [-0.25, -0.2) is 27.2 Å². The van der Waals surface area contributed by atoms with Crippen molar-refractivity contribution in [3.63, 3.8) is 0 Å². The van der Waals surface area contributed by atoms with E-state index >= 15 is 0 Å². The number of carbonyl (C=O) groups excluding carboxylic acids is 2. The number of rotatable bonds is 10. The van der Waals surface area contributed by atoms with Crippen LogP contribution < -0.4 is 10.5 Å². The monoisotopic (exact) mass is 660 g/mol. The first-order valence-corrected chi connectivity index (χ1v) is 14.5. The fraction of sp³-hybridized carbons (Fsp3) is 0.613. The molecule has 3 heterocycles. The van der Waals surface area contributed by atoms with Crippen LogP contribution in [0.4, 0.5) is 22.4 Å². The Balaban J connectivity index is 0.000000353. The Kier molecular flexibility index (Phi) is 13.3. The van der Waals surface area contributed by atoms with Crippen LogP contribution in [0.25, 0.3) is 11.3 Å². The molecule has 11 nitrogen and oxygen atoms in total. The highest BCUT2D eigenvalue weighted by Gasteiger charge is 2.49. The van der Waals surface area contributed by atoms with E-state index in [9.17, 15) is 32.3 Å². The van der Waals surface area contributed by atoms with Crippen LogP contribution in [0.1, 0.15) is 79.0 Å². The van der Waals surface area contributed by atoms with Crippen LogP contribution in [0.15, 0.2) is 30.6 Å². The normalized spacial score (nSPS) is 17.4. The zero-order valence-electron chi connectivity index (χ0n) is 27.4. The number of alkyl halides is 4. The molecule has 2 aromatic heterocycles. The first-order valence-electron chi connectivity index (χ1n) is 14.5. The van der Waals surface area contributed by atoms with E-state index in [1.807, 2.05) is 13.8 Å². The minimum atomic E-state index is -2.88. The van der Waals surface area contributed by atoms with Gasteiger partial charge in [0, 0.05) is 11.8 Å². The molecule has 2 atom stereocenters. The van der Waals surface area contributed by atoms with Crippen LogP contribution in [0.5, 0.6) is 5.75 Å². The van der Waals surface area contributed by atoms with Gasteiger partial charge in [0.1, 0.15) is 29.4 Å². The molecule has 2 unspecified atom stereocenters. The topological polar surface area (TPSA) is 146 Å². The van der Waals surface area contributed by atoms with Crippen molar-refractivity contribution in [2.45, 2.75) is 90.6 Å². The van der Waals surface area contributed by atoms with Gasteiger partial charge in [-0.15, -0.1) is 0 Å². The molecule has 1 aliphatic heterocycles. The van der Waals surface area contributed by atoms with Crippen molar-refractivity contribution in [1.82, 2.24) is 14.9 Å². The van der Waals surface area contributed by atoms with Gasteiger partial charge in [-0.3, -0.25) is 14.9 Å². The van der Waals surface area contributed by atoms with Crippen molar-refractivity contribution in [1.29, 1.82) is 0 Å². The number of pyridine rings is 2. The van der Waals surface area contributed by atoms with Crippen LogP contribution in [0.3, 0.4) is 0 Å². The van der Waals surface area contributed by atoms with Gasteiger partial charge in [0.25, 0.3) is 12.9 Å². The minimum Gasteiger partial charge on any atom is -0.489 e. The number of aromatic nitrogens is 2. The smallest absolute Gasteiger partial charge is 0.413 e. The molecule has 0 spiro atoms.